The molecule has 0 saturated heterocycles. The van der Waals surface area contributed by atoms with Gasteiger partial charge in [-0.1, -0.05) is 12.1 Å². The van der Waals surface area contributed by atoms with Gasteiger partial charge in [-0.25, -0.2) is 0 Å². The van der Waals surface area contributed by atoms with Gasteiger partial charge < -0.3 is 5.32 Å². The van der Waals surface area contributed by atoms with Crippen LogP contribution in [0.4, 0.5) is 5.69 Å². The fourth-order valence-corrected chi connectivity index (χ4v) is 2.79. The topological polar surface area (TPSA) is 64.7 Å². The van der Waals surface area contributed by atoms with Crippen LogP contribution in [-0.2, 0) is 13.1 Å². The van der Waals surface area contributed by atoms with E-state index >= 15 is 0 Å². The lowest BCUT2D eigenvalue weighted by Crippen LogP contribution is -2.12. The molecule has 3 rings (SSSR count). The average Bonchev–Trinajstić information content (AvgIpc) is 3.13. The van der Waals surface area contributed by atoms with Gasteiger partial charge in [-0.05, 0) is 47.5 Å². The molecule has 0 atom stereocenters. The van der Waals surface area contributed by atoms with Gasteiger partial charge in [-0.3, -0.25) is 14.2 Å². The number of carbonyl (C=O) groups is 1. The maximum Gasteiger partial charge on any atom is 0.259 e. The lowest BCUT2D eigenvalue weighted by atomic mass is 10.2. The Bertz CT molecular complexity index is 868. The third-order valence-corrected chi connectivity index (χ3v) is 4.06. The molecule has 6 nitrogen and oxygen atoms in total. The highest BCUT2D eigenvalue weighted by Gasteiger charge is 2.13. The van der Waals surface area contributed by atoms with Gasteiger partial charge in [0.1, 0.15) is 0 Å². The van der Waals surface area contributed by atoms with Crippen LogP contribution in [-0.4, -0.2) is 25.5 Å². The van der Waals surface area contributed by atoms with Crippen molar-refractivity contribution in [2.45, 2.75) is 26.9 Å². The minimum Gasteiger partial charge on any atom is -0.322 e. The third kappa shape index (κ3) is 3.73. The number of benzene rings is 1. The lowest BCUT2D eigenvalue weighted by molar-refractivity contribution is 0.102. The summed E-state index contributed by atoms with van der Waals surface area (Å²) in [5.74, 6) is -0.147. The second-order valence-electron chi connectivity index (χ2n) is 5.49. The number of amides is 1. The quantitative estimate of drug-likeness (QED) is 0.728. The number of hydrogen-bond acceptors (Lipinski definition) is 3. The van der Waals surface area contributed by atoms with E-state index in [9.17, 15) is 4.79 Å². The molecule has 0 spiro atoms. The molecule has 24 heavy (non-hydrogen) atoms. The van der Waals surface area contributed by atoms with E-state index in [1.165, 1.54) is 0 Å². The van der Waals surface area contributed by atoms with Crippen molar-refractivity contribution < 1.29 is 4.79 Å². The number of rotatable bonds is 5. The van der Waals surface area contributed by atoms with E-state index in [0.717, 1.165) is 28.0 Å². The van der Waals surface area contributed by atoms with Gasteiger partial charge in [-0.15, -0.1) is 0 Å². The summed E-state index contributed by atoms with van der Waals surface area (Å²) in [6.45, 7) is 5.21. The van der Waals surface area contributed by atoms with Crippen LogP contribution in [0.1, 0.15) is 28.5 Å². The first kappa shape index (κ1) is 16.4. The number of carbonyl (C=O) groups excluding carboxylic acids is 1. The molecule has 0 unspecified atom stereocenters. The number of aryl methyl sites for hydroxylation is 2. The molecule has 1 N–H and O–H groups in total. The minimum atomic E-state index is -0.147. The highest BCUT2D eigenvalue weighted by molar-refractivity contribution is 9.10. The minimum absolute atomic E-state index is 0.147. The standard InChI is InChI=1S/C17H18BrN5O/c1-3-22-11-16(12(2)21-22)17(24)20-15-6-4-5-13(7-15)9-23-10-14(18)8-19-23/h4-8,10-11H,3,9H2,1-2H3,(H,20,24). The normalized spacial score (nSPS) is 10.8. The first-order chi connectivity index (χ1) is 11.5. The number of hydrogen-bond donors (Lipinski definition) is 1. The number of nitrogens with zero attached hydrogens (tertiary/aromatic N) is 4. The first-order valence-electron chi connectivity index (χ1n) is 7.67. The van der Waals surface area contributed by atoms with Gasteiger partial charge in [0, 0.05) is 24.6 Å². The molecule has 1 amide bonds. The van der Waals surface area contributed by atoms with Crippen LogP contribution < -0.4 is 5.32 Å². The predicted octanol–water partition coefficient (Wildman–Crippen LogP) is 3.47. The maximum atomic E-state index is 12.4. The zero-order valence-corrected chi connectivity index (χ0v) is 15.1. The Morgan fingerprint density at radius 2 is 2.12 bits per heavy atom. The molecule has 0 aliphatic rings. The Morgan fingerprint density at radius 3 is 2.79 bits per heavy atom. The van der Waals surface area contributed by atoms with Crippen LogP contribution in [0.3, 0.4) is 0 Å². The monoisotopic (exact) mass is 387 g/mol. The van der Waals surface area contributed by atoms with Gasteiger partial charge in [0.2, 0.25) is 0 Å². The molecule has 0 fully saturated rings. The van der Waals surface area contributed by atoms with E-state index in [1.807, 2.05) is 49.0 Å². The van der Waals surface area contributed by atoms with Crippen LogP contribution in [0.5, 0.6) is 0 Å². The maximum absolute atomic E-state index is 12.4. The van der Waals surface area contributed by atoms with E-state index in [1.54, 1.807) is 17.1 Å². The summed E-state index contributed by atoms with van der Waals surface area (Å²) in [5, 5.41) is 11.5. The average molecular weight is 388 g/mol. The van der Waals surface area contributed by atoms with Crippen LogP contribution in [0.15, 0.2) is 47.3 Å². The van der Waals surface area contributed by atoms with Crippen molar-refractivity contribution in [3.63, 3.8) is 0 Å². The Labute approximate surface area is 148 Å². The largest absolute Gasteiger partial charge is 0.322 e. The Morgan fingerprint density at radius 1 is 1.29 bits per heavy atom. The van der Waals surface area contributed by atoms with Crippen molar-refractivity contribution >= 4 is 27.5 Å². The van der Waals surface area contributed by atoms with Gasteiger partial charge in [-0.2, -0.15) is 10.2 Å². The predicted molar refractivity (Wildman–Crippen MR) is 96.1 cm³/mol. The van der Waals surface area contributed by atoms with Gasteiger partial charge in [0.05, 0.1) is 28.5 Å². The molecule has 0 bridgehead atoms. The molecule has 2 heterocycles. The molecule has 0 aliphatic heterocycles. The summed E-state index contributed by atoms with van der Waals surface area (Å²) in [6, 6.07) is 7.75. The summed E-state index contributed by atoms with van der Waals surface area (Å²) in [7, 11) is 0. The summed E-state index contributed by atoms with van der Waals surface area (Å²) >= 11 is 3.38. The van der Waals surface area contributed by atoms with Gasteiger partial charge in [0.25, 0.3) is 5.91 Å². The van der Waals surface area contributed by atoms with E-state index < -0.39 is 0 Å². The molecular weight excluding hydrogens is 370 g/mol. The zero-order valence-electron chi connectivity index (χ0n) is 13.5. The second kappa shape index (κ2) is 7.00. The van der Waals surface area contributed by atoms with Crippen LogP contribution in [0, 0.1) is 6.92 Å². The molecule has 0 saturated carbocycles. The Balaban J connectivity index is 1.74. The van der Waals surface area contributed by atoms with Crippen molar-refractivity contribution in [3.8, 4) is 0 Å². The summed E-state index contributed by atoms with van der Waals surface area (Å²) in [6.07, 6.45) is 5.43. The molecular formula is C17H18BrN5O. The van der Waals surface area contributed by atoms with Crippen molar-refractivity contribution in [3.05, 3.63) is 64.1 Å². The molecule has 7 heteroatoms. The fraction of sp³-hybridized carbons (Fsp3) is 0.235. The molecule has 3 aromatic rings. The summed E-state index contributed by atoms with van der Waals surface area (Å²) in [4.78, 5) is 12.4. The Hall–Kier alpha value is -2.41. The first-order valence-corrected chi connectivity index (χ1v) is 8.46. The van der Waals surface area contributed by atoms with Crippen molar-refractivity contribution in [1.82, 2.24) is 19.6 Å². The zero-order chi connectivity index (χ0) is 17.1. The summed E-state index contributed by atoms with van der Waals surface area (Å²) < 4.78 is 4.53. The van der Waals surface area contributed by atoms with E-state index in [-0.39, 0.29) is 5.91 Å². The number of halogens is 1. The van der Waals surface area contributed by atoms with Crippen LogP contribution in [0.25, 0.3) is 0 Å². The van der Waals surface area contributed by atoms with Gasteiger partial charge in [0.15, 0.2) is 0 Å². The van der Waals surface area contributed by atoms with Crippen molar-refractivity contribution in [2.24, 2.45) is 0 Å². The fourth-order valence-electron chi connectivity index (χ4n) is 2.46. The lowest BCUT2D eigenvalue weighted by Gasteiger charge is -2.07. The number of nitrogens with one attached hydrogen (secondary N) is 1. The Kier molecular flexibility index (Phi) is 4.80. The van der Waals surface area contributed by atoms with E-state index in [4.69, 9.17) is 0 Å². The number of anilines is 1. The van der Waals surface area contributed by atoms with E-state index in [2.05, 4.69) is 31.4 Å². The third-order valence-electron chi connectivity index (χ3n) is 3.65. The van der Waals surface area contributed by atoms with E-state index in [0.29, 0.717) is 12.1 Å². The van der Waals surface area contributed by atoms with Crippen molar-refractivity contribution in [1.29, 1.82) is 0 Å². The molecule has 1 aromatic carbocycles. The highest BCUT2D eigenvalue weighted by Crippen LogP contribution is 2.15. The highest BCUT2D eigenvalue weighted by atomic mass is 79.9. The van der Waals surface area contributed by atoms with Gasteiger partial charge >= 0.3 is 0 Å². The van der Waals surface area contributed by atoms with Crippen molar-refractivity contribution in [2.75, 3.05) is 5.32 Å². The van der Waals surface area contributed by atoms with Crippen LogP contribution >= 0.6 is 15.9 Å². The summed E-state index contributed by atoms with van der Waals surface area (Å²) in [5.41, 5.74) is 3.14. The SMILES string of the molecule is CCn1cc(C(=O)Nc2cccc(Cn3cc(Br)cn3)c2)c(C)n1. The van der Waals surface area contributed by atoms with Crippen LogP contribution in [0.2, 0.25) is 0 Å². The smallest absolute Gasteiger partial charge is 0.259 e. The molecule has 0 radical (unpaired) electrons. The number of aromatic nitrogens is 4. The molecule has 0 aliphatic carbocycles. The molecule has 124 valence electrons. The molecule has 2 aromatic heterocycles. The second-order valence-corrected chi connectivity index (χ2v) is 6.41.